The van der Waals surface area contributed by atoms with E-state index in [2.05, 4.69) is 19.2 Å². The summed E-state index contributed by atoms with van der Waals surface area (Å²) in [4.78, 5) is 12.1. The number of benzene rings is 1. The summed E-state index contributed by atoms with van der Waals surface area (Å²) in [5.74, 6) is 0.921. The van der Waals surface area contributed by atoms with Gasteiger partial charge in [0.1, 0.15) is 5.54 Å². The van der Waals surface area contributed by atoms with Crippen LogP contribution in [0, 0.1) is 11.8 Å². The standard InChI is InChI=1S/C15H20ClNO2/c1-10(2)11-8-15(9-11,14(18)19-3)17-13-7-5-4-6-12(13)16/h4-7,10-11,17H,8-9H2,1-3H3. The lowest BCUT2D eigenvalue weighted by atomic mass is 9.64. The summed E-state index contributed by atoms with van der Waals surface area (Å²) in [5.41, 5.74) is 0.172. The molecule has 0 heterocycles. The molecule has 0 spiro atoms. The van der Waals surface area contributed by atoms with Crippen LogP contribution < -0.4 is 5.32 Å². The zero-order valence-electron chi connectivity index (χ0n) is 11.6. The number of rotatable bonds is 4. The maximum atomic E-state index is 12.1. The average Bonchev–Trinajstić information content (AvgIpc) is 2.34. The van der Waals surface area contributed by atoms with Gasteiger partial charge in [0.2, 0.25) is 0 Å². The second-order valence-corrected chi connectivity index (χ2v) is 6.00. The number of para-hydroxylation sites is 1. The lowest BCUT2D eigenvalue weighted by Gasteiger charge is -2.48. The van der Waals surface area contributed by atoms with E-state index in [1.54, 1.807) is 0 Å². The van der Waals surface area contributed by atoms with Crippen molar-refractivity contribution in [2.45, 2.75) is 32.2 Å². The highest BCUT2D eigenvalue weighted by Gasteiger charge is 2.52. The number of anilines is 1. The first-order chi connectivity index (χ1) is 8.98. The van der Waals surface area contributed by atoms with Gasteiger partial charge in [0.25, 0.3) is 0 Å². The maximum absolute atomic E-state index is 12.1. The van der Waals surface area contributed by atoms with E-state index >= 15 is 0 Å². The van der Waals surface area contributed by atoms with Crippen LogP contribution in [-0.4, -0.2) is 18.6 Å². The molecule has 0 atom stereocenters. The van der Waals surface area contributed by atoms with Gasteiger partial charge in [-0.3, -0.25) is 0 Å². The number of ether oxygens (including phenoxy) is 1. The molecule has 1 fully saturated rings. The van der Waals surface area contributed by atoms with Gasteiger partial charge in [0.05, 0.1) is 17.8 Å². The van der Waals surface area contributed by atoms with E-state index in [0.29, 0.717) is 16.9 Å². The van der Waals surface area contributed by atoms with Crippen LogP contribution in [0.5, 0.6) is 0 Å². The lowest BCUT2D eigenvalue weighted by Crippen LogP contribution is -2.58. The van der Waals surface area contributed by atoms with E-state index in [4.69, 9.17) is 16.3 Å². The van der Waals surface area contributed by atoms with Gasteiger partial charge in [0, 0.05) is 0 Å². The second-order valence-electron chi connectivity index (χ2n) is 5.59. The molecular formula is C15H20ClNO2. The molecule has 4 heteroatoms. The van der Waals surface area contributed by atoms with Gasteiger partial charge >= 0.3 is 5.97 Å². The number of carbonyl (C=O) groups excluding carboxylic acids is 1. The van der Waals surface area contributed by atoms with Crippen molar-refractivity contribution in [1.82, 2.24) is 0 Å². The van der Waals surface area contributed by atoms with Crippen LogP contribution in [0.4, 0.5) is 5.69 Å². The molecule has 0 aliphatic heterocycles. The molecule has 1 aliphatic rings. The van der Waals surface area contributed by atoms with Crippen LogP contribution in [0.25, 0.3) is 0 Å². The Kier molecular flexibility index (Phi) is 4.04. The lowest BCUT2D eigenvalue weighted by molar-refractivity contribution is -0.151. The zero-order valence-corrected chi connectivity index (χ0v) is 12.3. The quantitative estimate of drug-likeness (QED) is 0.855. The van der Waals surface area contributed by atoms with Gasteiger partial charge in [-0.25, -0.2) is 4.79 Å². The first kappa shape index (κ1) is 14.2. The van der Waals surface area contributed by atoms with Crippen LogP contribution >= 0.6 is 11.6 Å². The molecule has 104 valence electrons. The van der Waals surface area contributed by atoms with E-state index < -0.39 is 5.54 Å². The molecule has 0 saturated heterocycles. The van der Waals surface area contributed by atoms with Crippen molar-refractivity contribution in [3.05, 3.63) is 29.3 Å². The Bertz CT molecular complexity index is 467. The van der Waals surface area contributed by atoms with Crippen molar-refractivity contribution in [3.63, 3.8) is 0 Å². The van der Waals surface area contributed by atoms with Crippen molar-refractivity contribution in [1.29, 1.82) is 0 Å². The van der Waals surface area contributed by atoms with Crippen LogP contribution in [0.3, 0.4) is 0 Å². The predicted molar refractivity (Wildman–Crippen MR) is 77.4 cm³/mol. The second kappa shape index (κ2) is 5.41. The number of hydrogen-bond acceptors (Lipinski definition) is 3. The Balaban J connectivity index is 2.18. The fourth-order valence-corrected chi connectivity index (χ4v) is 2.83. The Labute approximate surface area is 119 Å². The molecule has 1 aromatic carbocycles. The van der Waals surface area contributed by atoms with E-state index in [-0.39, 0.29) is 5.97 Å². The highest BCUT2D eigenvalue weighted by Crippen LogP contribution is 2.45. The third-order valence-electron chi connectivity index (χ3n) is 3.99. The number of halogens is 1. The van der Waals surface area contributed by atoms with E-state index in [1.807, 2.05) is 24.3 Å². The molecule has 1 N–H and O–H groups in total. The molecule has 0 aromatic heterocycles. The number of nitrogens with one attached hydrogen (secondary N) is 1. The van der Waals surface area contributed by atoms with Gasteiger partial charge < -0.3 is 10.1 Å². The third-order valence-corrected chi connectivity index (χ3v) is 4.32. The third kappa shape index (κ3) is 2.71. The van der Waals surface area contributed by atoms with Crippen molar-refractivity contribution in [2.24, 2.45) is 11.8 Å². The molecule has 2 rings (SSSR count). The van der Waals surface area contributed by atoms with Crippen LogP contribution in [0.2, 0.25) is 5.02 Å². The fraction of sp³-hybridized carbons (Fsp3) is 0.533. The molecule has 3 nitrogen and oxygen atoms in total. The smallest absolute Gasteiger partial charge is 0.331 e. The molecule has 0 radical (unpaired) electrons. The topological polar surface area (TPSA) is 38.3 Å². The molecule has 0 bridgehead atoms. The molecule has 1 aliphatic carbocycles. The van der Waals surface area contributed by atoms with E-state index in [9.17, 15) is 4.79 Å². The SMILES string of the molecule is COC(=O)C1(Nc2ccccc2Cl)CC(C(C)C)C1. The molecule has 0 amide bonds. The van der Waals surface area contributed by atoms with Crippen LogP contribution in [-0.2, 0) is 9.53 Å². The summed E-state index contributed by atoms with van der Waals surface area (Å²) in [6, 6.07) is 7.47. The summed E-state index contributed by atoms with van der Waals surface area (Å²) >= 11 is 6.14. The predicted octanol–water partition coefficient (Wildman–Crippen LogP) is 3.73. The van der Waals surface area contributed by atoms with Gasteiger partial charge in [-0.15, -0.1) is 0 Å². The number of methoxy groups -OCH3 is 1. The summed E-state index contributed by atoms with van der Waals surface area (Å²) < 4.78 is 4.95. The molecule has 0 unspecified atom stereocenters. The molecular weight excluding hydrogens is 262 g/mol. The monoisotopic (exact) mass is 281 g/mol. The fourth-order valence-electron chi connectivity index (χ4n) is 2.64. The number of carbonyl (C=O) groups is 1. The van der Waals surface area contributed by atoms with Gasteiger partial charge in [0.15, 0.2) is 0 Å². The van der Waals surface area contributed by atoms with Crippen molar-refractivity contribution in [3.8, 4) is 0 Å². The van der Waals surface area contributed by atoms with Gasteiger partial charge in [-0.05, 0) is 36.8 Å². The molecule has 1 aromatic rings. The Hall–Kier alpha value is -1.22. The van der Waals surface area contributed by atoms with Crippen molar-refractivity contribution >= 4 is 23.3 Å². The summed E-state index contributed by atoms with van der Waals surface area (Å²) in [6.45, 7) is 4.36. The number of esters is 1. The maximum Gasteiger partial charge on any atom is 0.331 e. The van der Waals surface area contributed by atoms with Crippen LogP contribution in [0.1, 0.15) is 26.7 Å². The summed E-state index contributed by atoms with van der Waals surface area (Å²) in [5, 5.41) is 3.91. The number of hydrogen-bond donors (Lipinski definition) is 1. The summed E-state index contributed by atoms with van der Waals surface area (Å²) in [6.07, 6.45) is 1.59. The zero-order chi connectivity index (χ0) is 14.0. The Morgan fingerprint density at radius 3 is 2.58 bits per heavy atom. The Morgan fingerprint density at radius 2 is 2.05 bits per heavy atom. The van der Waals surface area contributed by atoms with Crippen LogP contribution in [0.15, 0.2) is 24.3 Å². The largest absolute Gasteiger partial charge is 0.467 e. The van der Waals surface area contributed by atoms with Gasteiger partial charge in [-0.2, -0.15) is 0 Å². The highest BCUT2D eigenvalue weighted by molar-refractivity contribution is 6.33. The molecule has 19 heavy (non-hydrogen) atoms. The van der Waals surface area contributed by atoms with E-state index in [0.717, 1.165) is 18.5 Å². The normalized spacial score (nSPS) is 25.8. The highest BCUT2D eigenvalue weighted by atomic mass is 35.5. The minimum absolute atomic E-state index is 0.204. The first-order valence-electron chi connectivity index (χ1n) is 6.59. The first-order valence-corrected chi connectivity index (χ1v) is 6.97. The van der Waals surface area contributed by atoms with E-state index in [1.165, 1.54) is 7.11 Å². The van der Waals surface area contributed by atoms with Crippen molar-refractivity contribution in [2.75, 3.05) is 12.4 Å². The minimum atomic E-state index is -0.616. The average molecular weight is 282 g/mol. The van der Waals surface area contributed by atoms with Crippen molar-refractivity contribution < 1.29 is 9.53 Å². The summed E-state index contributed by atoms with van der Waals surface area (Å²) in [7, 11) is 1.43. The van der Waals surface area contributed by atoms with Gasteiger partial charge in [-0.1, -0.05) is 37.6 Å². The minimum Gasteiger partial charge on any atom is -0.467 e. The Morgan fingerprint density at radius 1 is 1.42 bits per heavy atom. The molecule has 1 saturated carbocycles.